The van der Waals surface area contributed by atoms with Crippen LogP contribution in [0.5, 0.6) is 5.75 Å². The maximum Gasteiger partial charge on any atom is 0.264 e. The van der Waals surface area contributed by atoms with Crippen LogP contribution in [0.3, 0.4) is 0 Å². The van der Waals surface area contributed by atoms with E-state index in [1.54, 1.807) is 18.2 Å². The molecule has 0 saturated carbocycles. The second-order valence-corrected chi connectivity index (χ2v) is 10.2. The number of fused-ring (bicyclic) bond motifs is 1. The Morgan fingerprint density at radius 2 is 2.03 bits per heavy atom. The molecular formula is C23H21N3O4S2. The molecule has 7 nitrogen and oxygen atoms in total. The monoisotopic (exact) mass is 467 g/mol. The topological polar surface area (TPSA) is 99.5 Å². The van der Waals surface area contributed by atoms with Crippen LogP contribution >= 0.6 is 11.3 Å². The van der Waals surface area contributed by atoms with Gasteiger partial charge in [0.15, 0.2) is 0 Å². The van der Waals surface area contributed by atoms with Gasteiger partial charge in [0, 0.05) is 11.4 Å². The Labute approximate surface area is 190 Å². The molecular weight excluding hydrogens is 446 g/mol. The number of aryl methyl sites for hydroxylation is 1. The molecule has 2 heterocycles. The van der Waals surface area contributed by atoms with Gasteiger partial charge in [-0.15, -0.1) is 11.3 Å². The van der Waals surface area contributed by atoms with E-state index in [0.717, 1.165) is 16.9 Å². The second-order valence-electron chi connectivity index (χ2n) is 7.19. The van der Waals surface area contributed by atoms with E-state index < -0.39 is 15.9 Å². The Hall–Kier alpha value is -3.35. The average Bonchev–Trinajstić information content (AvgIpc) is 3.42. The number of nitrogens with zero attached hydrogens (tertiary/aromatic N) is 2. The molecule has 9 heteroatoms. The van der Waals surface area contributed by atoms with Crippen molar-refractivity contribution in [1.29, 1.82) is 5.26 Å². The largest absolute Gasteiger partial charge is 0.496 e. The zero-order valence-corrected chi connectivity index (χ0v) is 19.2. The molecule has 2 aromatic carbocycles. The lowest BCUT2D eigenvalue weighted by molar-refractivity contribution is 0.102. The number of hydrogen-bond acceptors (Lipinski definition) is 6. The minimum absolute atomic E-state index is 0.00101. The number of hydrogen-bond donors (Lipinski definition) is 1. The molecule has 3 aromatic rings. The Morgan fingerprint density at radius 3 is 2.75 bits per heavy atom. The zero-order valence-electron chi connectivity index (χ0n) is 17.6. The van der Waals surface area contributed by atoms with Crippen molar-refractivity contribution in [2.75, 3.05) is 23.3 Å². The quantitative estimate of drug-likeness (QED) is 0.586. The second kappa shape index (κ2) is 8.65. The first-order valence-corrected chi connectivity index (χ1v) is 12.3. The van der Waals surface area contributed by atoms with E-state index >= 15 is 0 Å². The number of ether oxygens (including phenoxy) is 1. The van der Waals surface area contributed by atoms with E-state index in [2.05, 4.69) is 11.4 Å². The number of anilines is 2. The van der Waals surface area contributed by atoms with Crippen LogP contribution in [0.2, 0.25) is 0 Å². The fraction of sp³-hybridized carbons (Fsp3) is 0.217. The normalized spacial score (nSPS) is 12.8. The van der Waals surface area contributed by atoms with Gasteiger partial charge in [-0.3, -0.25) is 9.10 Å². The molecule has 0 spiro atoms. The predicted molar refractivity (Wildman–Crippen MR) is 124 cm³/mol. The summed E-state index contributed by atoms with van der Waals surface area (Å²) in [4.78, 5) is 14.0. The summed E-state index contributed by atoms with van der Waals surface area (Å²) in [6, 6.07) is 15.4. The molecule has 0 saturated heterocycles. The number of sulfonamides is 1. The number of para-hydroxylation sites is 1. The highest BCUT2D eigenvalue weighted by atomic mass is 32.2. The number of amides is 1. The summed E-state index contributed by atoms with van der Waals surface area (Å²) in [5.41, 5.74) is 2.07. The number of benzene rings is 2. The standard InChI is InChI=1S/C23H21N3O4S2/c1-3-17-12-16(14-24)23(31-17)25-22(27)19-13-18(8-9-21(19)30-2)32(28,29)26-11-10-15-6-4-5-7-20(15)26/h4-9,12-13H,3,10-11H2,1-2H3,(H,25,27). The molecule has 0 aliphatic carbocycles. The summed E-state index contributed by atoms with van der Waals surface area (Å²) in [6.45, 7) is 2.31. The fourth-order valence-corrected chi connectivity index (χ4v) is 6.14. The molecule has 0 bridgehead atoms. The number of thiophene rings is 1. The highest BCUT2D eigenvalue weighted by Gasteiger charge is 2.31. The highest BCUT2D eigenvalue weighted by Crippen LogP contribution is 2.34. The van der Waals surface area contributed by atoms with E-state index in [4.69, 9.17) is 4.74 Å². The molecule has 0 fully saturated rings. The predicted octanol–water partition coefficient (Wildman–Crippen LogP) is 4.19. The van der Waals surface area contributed by atoms with Gasteiger partial charge in [-0.25, -0.2) is 8.42 Å². The van der Waals surface area contributed by atoms with E-state index in [1.165, 1.54) is 41.0 Å². The number of nitrogens with one attached hydrogen (secondary N) is 1. The Bertz CT molecular complexity index is 1340. The van der Waals surface area contributed by atoms with Crippen LogP contribution in [0.4, 0.5) is 10.7 Å². The van der Waals surface area contributed by atoms with Crippen LogP contribution in [-0.4, -0.2) is 28.0 Å². The summed E-state index contributed by atoms with van der Waals surface area (Å²) in [6.07, 6.45) is 1.37. The van der Waals surface area contributed by atoms with Gasteiger partial charge in [0.1, 0.15) is 16.8 Å². The lowest BCUT2D eigenvalue weighted by Gasteiger charge is -2.20. The van der Waals surface area contributed by atoms with Gasteiger partial charge in [0.25, 0.3) is 15.9 Å². The Morgan fingerprint density at radius 1 is 1.25 bits per heavy atom. The van der Waals surface area contributed by atoms with Crippen molar-refractivity contribution >= 4 is 38.0 Å². The molecule has 1 N–H and O–H groups in total. The number of nitriles is 1. The smallest absolute Gasteiger partial charge is 0.264 e. The molecule has 0 atom stereocenters. The van der Waals surface area contributed by atoms with E-state index in [-0.39, 0.29) is 16.2 Å². The van der Waals surface area contributed by atoms with Crippen LogP contribution in [0.15, 0.2) is 53.4 Å². The first kappa shape index (κ1) is 21.9. The molecule has 164 valence electrons. The number of carbonyl (C=O) groups is 1. The minimum Gasteiger partial charge on any atom is -0.496 e. The number of rotatable bonds is 6. The molecule has 1 aliphatic heterocycles. The molecule has 4 rings (SSSR count). The van der Waals surface area contributed by atoms with Gasteiger partial charge in [-0.05, 0) is 48.7 Å². The van der Waals surface area contributed by atoms with E-state index in [1.807, 2.05) is 19.1 Å². The van der Waals surface area contributed by atoms with Crippen LogP contribution in [-0.2, 0) is 22.9 Å². The van der Waals surface area contributed by atoms with Crippen molar-refractivity contribution in [3.63, 3.8) is 0 Å². The maximum atomic E-state index is 13.4. The van der Waals surface area contributed by atoms with Gasteiger partial charge in [0.05, 0.1) is 28.8 Å². The van der Waals surface area contributed by atoms with Crippen LogP contribution < -0.4 is 14.4 Å². The number of carbonyl (C=O) groups excluding carboxylic acids is 1. The molecule has 1 aromatic heterocycles. The molecule has 32 heavy (non-hydrogen) atoms. The third-order valence-corrected chi connectivity index (χ3v) is 8.33. The van der Waals surface area contributed by atoms with Crippen LogP contribution in [0.1, 0.15) is 33.3 Å². The number of methoxy groups -OCH3 is 1. The minimum atomic E-state index is -3.87. The van der Waals surface area contributed by atoms with Crippen molar-refractivity contribution in [3.8, 4) is 11.8 Å². The van der Waals surface area contributed by atoms with Crippen molar-refractivity contribution in [1.82, 2.24) is 0 Å². The molecule has 0 unspecified atom stereocenters. The molecule has 1 amide bonds. The SMILES string of the molecule is CCc1cc(C#N)c(NC(=O)c2cc(S(=O)(=O)N3CCc4ccccc43)ccc2OC)s1. The van der Waals surface area contributed by atoms with Crippen molar-refractivity contribution < 1.29 is 17.9 Å². The summed E-state index contributed by atoms with van der Waals surface area (Å²) >= 11 is 1.32. The van der Waals surface area contributed by atoms with E-state index in [0.29, 0.717) is 29.2 Å². The van der Waals surface area contributed by atoms with Crippen molar-refractivity contribution in [2.45, 2.75) is 24.7 Å². The Kier molecular flexibility index (Phi) is 5.91. The van der Waals surface area contributed by atoms with Gasteiger partial charge >= 0.3 is 0 Å². The van der Waals surface area contributed by atoms with Gasteiger partial charge in [-0.1, -0.05) is 25.1 Å². The first-order valence-electron chi connectivity index (χ1n) is 10.0. The fourth-order valence-electron chi connectivity index (χ4n) is 3.67. The third-order valence-electron chi connectivity index (χ3n) is 5.33. The van der Waals surface area contributed by atoms with Crippen LogP contribution in [0, 0.1) is 11.3 Å². The van der Waals surface area contributed by atoms with Crippen LogP contribution in [0.25, 0.3) is 0 Å². The Balaban J connectivity index is 1.70. The third kappa shape index (κ3) is 3.83. The summed E-state index contributed by atoms with van der Waals surface area (Å²) in [7, 11) is -2.46. The lowest BCUT2D eigenvalue weighted by Crippen LogP contribution is -2.29. The zero-order chi connectivity index (χ0) is 22.9. The summed E-state index contributed by atoms with van der Waals surface area (Å²) < 4.78 is 33.4. The average molecular weight is 468 g/mol. The van der Waals surface area contributed by atoms with Gasteiger partial charge in [0.2, 0.25) is 0 Å². The van der Waals surface area contributed by atoms with Crippen molar-refractivity contribution in [2.24, 2.45) is 0 Å². The molecule has 0 radical (unpaired) electrons. The van der Waals surface area contributed by atoms with Gasteiger partial charge in [-0.2, -0.15) is 5.26 Å². The summed E-state index contributed by atoms with van der Waals surface area (Å²) in [5, 5.41) is 12.5. The molecule has 1 aliphatic rings. The maximum absolute atomic E-state index is 13.4. The highest BCUT2D eigenvalue weighted by molar-refractivity contribution is 7.92. The van der Waals surface area contributed by atoms with E-state index in [9.17, 15) is 18.5 Å². The first-order chi connectivity index (χ1) is 15.4. The van der Waals surface area contributed by atoms with Gasteiger partial charge < -0.3 is 10.1 Å². The summed E-state index contributed by atoms with van der Waals surface area (Å²) in [5.74, 6) is -0.296. The lowest BCUT2D eigenvalue weighted by atomic mass is 10.2. The van der Waals surface area contributed by atoms with Crippen molar-refractivity contribution in [3.05, 3.63) is 70.1 Å².